The number of hydrogen-bond donors (Lipinski definition) is 1. The van der Waals surface area contributed by atoms with Crippen molar-refractivity contribution in [2.75, 3.05) is 7.11 Å². The van der Waals surface area contributed by atoms with Crippen molar-refractivity contribution in [3.8, 4) is 0 Å². The van der Waals surface area contributed by atoms with Crippen LogP contribution in [0.25, 0.3) is 0 Å². The molecule has 0 saturated heterocycles. The maximum Gasteiger partial charge on any atom is 0.338 e. The van der Waals surface area contributed by atoms with Gasteiger partial charge >= 0.3 is 5.97 Å². The predicted molar refractivity (Wildman–Crippen MR) is 46.1 cm³/mol. The van der Waals surface area contributed by atoms with Crippen LogP contribution in [0.5, 0.6) is 0 Å². The Balaban J connectivity index is 3.17. The van der Waals surface area contributed by atoms with Gasteiger partial charge in [-0.2, -0.15) is 0 Å². The van der Waals surface area contributed by atoms with Crippen LogP contribution in [0.3, 0.4) is 0 Å². The average Bonchev–Trinajstić information content (AvgIpc) is 2.01. The van der Waals surface area contributed by atoms with E-state index < -0.39 is 5.97 Å². The lowest BCUT2D eigenvalue weighted by molar-refractivity contribution is 0.0600. The van der Waals surface area contributed by atoms with E-state index in [1.54, 1.807) is 0 Å². The van der Waals surface area contributed by atoms with E-state index in [4.69, 9.17) is 0 Å². The zero-order valence-electron chi connectivity index (χ0n) is 6.26. The van der Waals surface area contributed by atoms with Crippen molar-refractivity contribution < 1.29 is 9.53 Å². The molecule has 0 amide bonds. The van der Waals surface area contributed by atoms with Gasteiger partial charge in [-0.3, -0.25) is 4.79 Å². The maximum absolute atomic E-state index is 10.9. The molecule has 12 heavy (non-hydrogen) atoms. The smallest absolute Gasteiger partial charge is 0.338 e. The Labute approximate surface area is 76.7 Å². The number of esters is 1. The molecule has 0 aliphatic heterocycles. The number of halogens is 1. The Morgan fingerprint density at radius 3 is 2.75 bits per heavy atom. The molecule has 0 aliphatic carbocycles. The number of H-pyrrole nitrogens is 1. The first-order valence-corrected chi connectivity index (χ1v) is 3.91. The number of aromatic nitrogens is 1. The van der Waals surface area contributed by atoms with Gasteiger partial charge in [-0.1, -0.05) is 0 Å². The van der Waals surface area contributed by atoms with E-state index in [1.165, 1.54) is 19.2 Å². The standard InChI is InChI=1S/C7H6BrNO3/c1-12-7(11)4-2-5(8)9-6(10)3-4/h2-3H,1H3,(H,9,10). The molecule has 5 heteroatoms. The Hall–Kier alpha value is -1.10. The van der Waals surface area contributed by atoms with E-state index in [0.717, 1.165) is 0 Å². The minimum absolute atomic E-state index is 0.230. The molecule has 0 fully saturated rings. The number of rotatable bonds is 1. The van der Waals surface area contributed by atoms with Gasteiger partial charge in [0.1, 0.15) is 0 Å². The van der Waals surface area contributed by atoms with Gasteiger partial charge in [0.2, 0.25) is 5.56 Å². The van der Waals surface area contributed by atoms with Crippen LogP contribution in [0, 0.1) is 0 Å². The van der Waals surface area contributed by atoms with Crippen molar-refractivity contribution in [1.82, 2.24) is 4.98 Å². The van der Waals surface area contributed by atoms with Crippen LogP contribution in [0.15, 0.2) is 21.5 Å². The summed E-state index contributed by atoms with van der Waals surface area (Å²) >= 11 is 3.05. The summed E-state index contributed by atoms with van der Waals surface area (Å²) in [6, 6.07) is 2.66. The van der Waals surface area contributed by atoms with Crippen LogP contribution in [0.4, 0.5) is 0 Å². The van der Waals surface area contributed by atoms with Crippen molar-refractivity contribution in [2.45, 2.75) is 0 Å². The summed E-state index contributed by atoms with van der Waals surface area (Å²) in [4.78, 5) is 24.2. The topological polar surface area (TPSA) is 59.2 Å². The number of pyridine rings is 1. The Morgan fingerprint density at radius 2 is 2.25 bits per heavy atom. The van der Waals surface area contributed by atoms with Crippen LogP contribution in [0.1, 0.15) is 10.4 Å². The van der Waals surface area contributed by atoms with Gasteiger partial charge in [0.05, 0.1) is 17.3 Å². The fourth-order valence-corrected chi connectivity index (χ4v) is 1.19. The second-order valence-electron chi connectivity index (χ2n) is 2.07. The highest BCUT2D eigenvalue weighted by atomic mass is 79.9. The number of hydrogen-bond acceptors (Lipinski definition) is 3. The summed E-state index contributed by atoms with van der Waals surface area (Å²) in [6.45, 7) is 0. The molecule has 0 unspecified atom stereocenters. The lowest BCUT2D eigenvalue weighted by Crippen LogP contribution is -2.10. The van der Waals surface area contributed by atoms with Gasteiger partial charge < -0.3 is 9.72 Å². The molecule has 1 aromatic heterocycles. The van der Waals surface area contributed by atoms with E-state index in [-0.39, 0.29) is 11.1 Å². The van der Waals surface area contributed by atoms with Crippen LogP contribution in [-0.4, -0.2) is 18.1 Å². The Bertz CT molecular complexity index is 358. The fourth-order valence-electron chi connectivity index (χ4n) is 0.745. The highest BCUT2D eigenvalue weighted by Crippen LogP contribution is 2.06. The molecule has 0 bridgehead atoms. The van der Waals surface area contributed by atoms with Gasteiger partial charge in [-0.25, -0.2) is 4.79 Å². The number of ether oxygens (including phenoxy) is 1. The summed E-state index contributed by atoms with van der Waals surface area (Å²) in [5, 5.41) is 0. The molecule has 1 aromatic rings. The maximum atomic E-state index is 10.9. The van der Waals surface area contributed by atoms with Crippen LogP contribution < -0.4 is 5.56 Å². The van der Waals surface area contributed by atoms with Gasteiger partial charge in [-0.05, 0) is 22.0 Å². The minimum atomic E-state index is -0.526. The van der Waals surface area contributed by atoms with E-state index in [2.05, 4.69) is 25.7 Å². The molecule has 1 N–H and O–H groups in total. The number of carbonyl (C=O) groups is 1. The van der Waals surface area contributed by atoms with Gasteiger partial charge in [0, 0.05) is 6.07 Å². The first kappa shape index (κ1) is 8.99. The molecule has 0 saturated carbocycles. The second-order valence-corrected chi connectivity index (χ2v) is 2.93. The van der Waals surface area contributed by atoms with E-state index >= 15 is 0 Å². The average molecular weight is 232 g/mol. The fraction of sp³-hybridized carbons (Fsp3) is 0.143. The molecule has 0 atom stereocenters. The molecule has 4 nitrogen and oxygen atoms in total. The summed E-state index contributed by atoms with van der Waals surface area (Å²) in [5.41, 5.74) is -0.113. The minimum Gasteiger partial charge on any atom is -0.465 e. The predicted octanol–water partition coefficient (Wildman–Crippen LogP) is 0.924. The van der Waals surface area contributed by atoms with Crippen LogP contribution in [0.2, 0.25) is 0 Å². The molecule has 1 heterocycles. The van der Waals surface area contributed by atoms with Gasteiger partial charge in [0.25, 0.3) is 0 Å². The lowest BCUT2D eigenvalue weighted by atomic mass is 10.3. The summed E-state index contributed by atoms with van der Waals surface area (Å²) in [7, 11) is 1.26. The first-order chi connectivity index (χ1) is 5.63. The van der Waals surface area contributed by atoms with E-state index in [1.807, 2.05) is 0 Å². The van der Waals surface area contributed by atoms with Gasteiger partial charge in [0.15, 0.2) is 0 Å². The van der Waals surface area contributed by atoms with Crippen LogP contribution >= 0.6 is 15.9 Å². The quantitative estimate of drug-likeness (QED) is 0.578. The van der Waals surface area contributed by atoms with Gasteiger partial charge in [-0.15, -0.1) is 0 Å². The number of nitrogens with one attached hydrogen (secondary N) is 1. The van der Waals surface area contributed by atoms with Crippen molar-refractivity contribution in [3.63, 3.8) is 0 Å². The molecular weight excluding hydrogens is 226 g/mol. The van der Waals surface area contributed by atoms with E-state index in [0.29, 0.717) is 4.60 Å². The largest absolute Gasteiger partial charge is 0.465 e. The van der Waals surface area contributed by atoms with Crippen molar-refractivity contribution in [1.29, 1.82) is 0 Å². The summed E-state index contributed by atoms with van der Waals surface area (Å²) in [5.74, 6) is -0.526. The van der Waals surface area contributed by atoms with Crippen molar-refractivity contribution in [3.05, 3.63) is 32.7 Å². The molecular formula is C7H6BrNO3. The lowest BCUT2D eigenvalue weighted by Gasteiger charge is -1.97. The third-order valence-electron chi connectivity index (χ3n) is 1.23. The highest BCUT2D eigenvalue weighted by molar-refractivity contribution is 9.10. The van der Waals surface area contributed by atoms with Crippen LogP contribution in [-0.2, 0) is 4.74 Å². The molecule has 0 aliphatic rings. The number of carbonyl (C=O) groups excluding carboxylic acids is 1. The summed E-state index contributed by atoms with van der Waals surface area (Å²) in [6.07, 6.45) is 0. The molecule has 0 radical (unpaired) electrons. The zero-order chi connectivity index (χ0) is 9.14. The third kappa shape index (κ3) is 1.94. The molecule has 64 valence electrons. The third-order valence-corrected chi connectivity index (χ3v) is 1.66. The first-order valence-electron chi connectivity index (χ1n) is 3.11. The Kier molecular flexibility index (Phi) is 2.65. The van der Waals surface area contributed by atoms with E-state index in [9.17, 15) is 9.59 Å². The monoisotopic (exact) mass is 231 g/mol. The van der Waals surface area contributed by atoms with Crippen molar-refractivity contribution in [2.24, 2.45) is 0 Å². The number of aromatic amines is 1. The molecule has 1 rings (SSSR count). The Morgan fingerprint density at radius 1 is 1.58 bits per heavy atom. The summed E-state index contributed by atoms with van der Waals surface area (Å²) < 4.78 is 4.89. The zero-order valence-corrected chi connectivity index (χ0v) is 7.84. The number of methoxy groups -OCH3 is 1. The highest BCUT2D eigenvalue weighted by Gasteiger charge is 2.06. The molecule has 0 spiro atoms. The SMILES string of the molecule is COC(=O)c1cc(Br)[nH]c(=O)c1. The molecule has 0 aromatic carbocycles. The van der Waals surface area contributed by atoms with Crippen molar-refractivity contribution >= 4 is 21.9 Å². The normalized spacial score (nSPS) is 9.50. The second kappa shape index (κ2) is 3.53.